The number of aryl methyl sites for hydroxylation is 1. The molecule has 0 bridgehead atoms. The van der Waals surface area contributed by atoms with Crippen LogP contribution in [0.15, 0.2) is 16.6 Å². The third-order valence-electron chi connectivity index (χ3n) is 2.60. The number of aromatic nitrogens is 1. The van der Waals surface area contributed by atoms with Gasteiger partial charge in [0, 0.05) is 6.07 Å². The number of halogens is 3. The second kappa shape index (κ2) is 6.48. The van der Waals surface area contributed by atoms with Crippen LogP contribution in [-0.4, -0.2) is 16.9 Å². The van der Waals surface area contributed by atoms with Crippen LogP contribution in [-0.2, 0) is 4.74 Å². The average Bonchev–Trinajstić information content (AvgIpc) is 2.77. The summed E-state index contributed by atoms with van der Waals surface area (Å²) in [5.41, 5.74) is 0.619. The predicted octanol–water partition coefficient (Wildman–Crippen LogP) is 4.41. The molecule has 4 nitrogen and oxygen atoms in total. The van der Waals surface area contributed by atoms with E-state index in [0.29, 0.717) is 10.7 Å². The molecule has 112 valence electrons. The van der Waals surface area contributed by atoms with Crippen molar-refractivity contribution < 1.29 is 18.3 Å². The number of carbonyl (C=O) groups is 1. The monoisotopic (exact) mass is 376 g/mol. The smallest absolute Gasteiger partial charge is 0.343 e. The lowest BCUT2D eigenvalue weighted by molar-refractivity contribution is 0.0527. The van der Waals surface area contributed by atoms with Gasteiger partial charge in [0.25, 0.3) is 0 Å². The van der Waals surface area contributed by atoms with Gasteiger partial charge >= 0.3 is 5.97 Å². The number of rotatable bonds is 4. The van der Waals surface area contributed by atoms with E-state index in [1.165, 1.54) is 0 Å². The number of ether oxygens (including phenoxy) is 1. The van der Waals surface area contributed by atoms with E-state index in [9.17, 15) is 13.6 Å². The molecule has 1 aromatic heterocycles. The first-order valence-electron chi connectivity index (χ1n) is 5.99. The highest BCUT2D eigenvalue weighted by Crippen LogP contribution is 2.31. The highest BCUT2D eigenvalue weighted by atomic mass is 79.9. The van der Waals surface area contributed by atoms with E-state index in [0.717, 1.165) is 23.7 Å². The highest BCUT2D eigenvalue weighted by Gasteiger charge is 2.21. The van der Waals surface area contributed by atoms with Crippen LogP contribution in [0.5, 0.6) is 0 Å². The van der Waals surface area contributed by atoms with Gasteiger partial charge in [-0.3, -0.25) is 0 Å². The molecule has 0 radical (unpaired) electrons. The van der Waals surface area contributed by atoms with Crippen molar-refractivity contribution in [3.63, 3.8) is 0 Å². The lowest BCUT2D eigenvalue weighted by Crippen LogP contribution is -2.08. The van der Waals surface area contributed by atoms with E-state index >= 15 is 0 Å². The third-order valence-corrected chi connectivity index (χ3v) is 4.06. The number of carbonyl (C=O) groups excluding carboxylic acids is 1. The van der Waals surface area contributed by atoms with Gasteiger partial charge in [0.2, 0.25) is 0 Å². The number of anilines is 2. The third kappa shape index (κ3) is 3.38. The molecule has 21 heavy (non-hydrogen) atoms. The fourth-order valence-corrected chi connectivity index (χ4v) is 2.75. The molecular formula is C13H11BrF2N2O2S. The molecule has 0 atom stereocenters. The quantitative estimate of drug-likeness (QED) is 0.634. The zero-order valence-corrected chi connectivity index (χ0v) is 13.6. The maximum Gasteiger partial charge on any atom is 0.343 e. The van der Waals surface area contributed by atoms with Crippen molar-refractivity contribution in [2.75, 3.05) is 11.9 Å². The zero-order valence-electron chi connectivity index (χ0n) is 11.2. The van der Waals surface area contributed by atoms with E-state index < -0.39 is 17.6 Å². The number of benzene rings is 1. The van der Waals surface area contributed by atoms with Gasteiger partial charge in [0.15, 0.2) is 0 Å². The lowest BCUT2D eigenvalue weighted by atomic mass is 10.2. The second-order valence-corrected chi connectivity index (χ2v) is 5.69. The van der Waals surface area contributed by atoms with Crippen molar-refractivity contribution in [2.24, 2.45) is 0 Å². The zero-order chi connectivity index (χ0) is 15.6. The maximum absolute atomic E-state index is 13.8. The van der Waals surface area contributed by atoms with Gasteiger partial charge in [-0.2, -0.15) is 4.37 Å². The van der Waals surface area contributed by atoms with Gasteiger partial charge in [-0.1, -0.05) is 0 Å². The minimum atomic E-state index is -0.649. The molecule has 0 aliphatic rings. The largest absolute Gasteiger partial charge is 0.462 e. The summed E-state index contributed by atoms with van der Waals surface area (Å²) in [6, 6.07) is 2.01. The first kappa shape index (κ1) is 15.8. The van der Waals surface area contributed by atoms with Gasteiger partial charge in [-0.05, 0) is 47.4 Å². The summed E-state index contributed by atoms with van der Waals surface area (Å²) < 4.78 is 36.3. The predicted molar refractivity (Wildman–Crippen MR) is 80.1 cm³/mol. The Kier molecular flexibility index (Phi) is 4.89. The summed E-state index contributed by atoms with van der Waals surface area (Å²) in [6.45, 7) is 3.55. The molecule has 2 aromatic rings. The molecule has 0 amide bonds. The average molecular weight is 377 g/mol. The molecule has 8 heteroatoms. The van der Waals surface area contributed by atoms with Crippen molar-refractivity contribution in [1.82, 2.24) is 4.37 Å². The fraction of sp³-hybridized carbons (Fsp3) is 0.231. The molecule has 0 fully saturated rings. The Morgan fingerprint density at radius 1 is 1.43 bits per heavy atom. The van der Waals surface area contributed by atoms with Crippen LogP contribution in [0.2, 0.25) is 0 Å². The molecular weight excluding hydrogens is 366 g/mol. The molecule has 1 N–H and O–H groups in total. The van der Waals surface area contributed by atoms with Crippen molar-refractivity contribution >= 4 is 44.1 Å². The van der Waals surface area contributed by atoms with Crippen LogP contribution in [0, 0.1) is 18.6 Å². The summed E-state index contributed by atoms with van der Waals surface area (Å²) in [7, 11) is 0. The minimum absolute atomic E-state index is 0.0247. The molecule has 0 unspecified atom stereocenters. The van der Waals surface area contributed by atoms with Crippen LogP contribution in [0.3, 0.4) is 0 Å². The Balaban J connectivity index is 2.37. The van der Waals surface area contributed by atoms with Crippen LogP contribution in [0.25, 0.3) is 0 Å². The first-order chi connectivity index (χ1) is 9.93. The molecule has 1 aromatic carbocycles. The fourth-order valence-electron chi connectivity index (χ4n) is 1.64. The standard InChI is InChI=1S/C13H11BrF2N2O2S/c1-3-20-13(19)11-6(2)18-21-12(11)17-10-5-8(15)7(14)4-9(10)16/h4-5,17H,3H2,1-2H3. The highest BCUT2D eigenvalue weighted by molar-refractivity contribution is 9.10. The summed E-state index contributed by atoms with van der Waals surface area (Å²) in [4.78, 5) is 11.9. The molecule has 1 heterocycles. The summed E-state index contributed by atoms with van der Waals surface area (Å²) in [6.07, 6.45) is 0. The van der Waals surface area contributed by atoms with Crippen molar-refractivity contribution in [1.29, 1.82) is 0 Å². The van der Waals surface area contributed by atoms with Crippen molar-refractivity contribution in [2.45, 2.75) is 13.8 Å². The molecule has 0 spiro atoms. The number of nitrogens with zero attached hydrogens (tertiary/aromatic N) is 1. The Morgan fingerprint density at radius 3 is 2.81 bits per heavy atom. The molecule has 0 aliphatic heterocycles. The Hall–Kier alpha value is -1.54. The van der Waals surface area contributed by atoms with Gasteiger partial charge in [-0.15, -0.1) is 0 Å². The van der Waals surface area contributed by atoms with Gasteiger partial charge < -0.3 is 10.1 Å². The summed E-state index contributed by atoms with van der Waals surface area (Å²) >= 11 is 3.88. The normalized spacial score (nSPS) is 10.5. The summed E-state index contributed by atoms with van der Waals surface area (Å²) in [5.74, 6) is -1.81. The number of hydrogen-bond donors (Lipinski definition) is 1. The second-order valence-electron chi connectivity index (χ2n) is 4.06. The number of nitrogens with one attached hydrogen (secondary N) is 1. The van der Waals surface area contributed by atoms with E-state index in [1.54, 1.807) is 13.8 Å². The van der Waals surface area contributed by atoms with E-state index in [1.807, 2.05) is 0 Å². The van der Waals surface area contributed by atoms with Crippen molar-refractivity contribution in [3.8, 4) is 0 Å². The molecule has 0 aliphatic carbocycles. The van der Waals surface area contributed by atoms with E-state index in [4.69, 9.17) is 4.74 Å². The minimum Gasteiger partial charge on any atom is -0.462 e. The SMILES string of the molecule is CCOC(=O)c1c(C)nsc1Nc1cc(F)c(Br)cc1F. The molecule has 0 saturated heterocycles. The van der Waals surface area contributed by atoms with Gasteiger partial charge in [-0.25, -0.2) is 13.6 Å². The molecule has 2 rings (SSSR count). The first-order valence-corrected chi connectivity index (χ1v) is 7.55. The van der Waals surface area contributed by atoms with Gasteiger partial charge in [0.05, 0.1) is 22.5 Å². The topological polar surface area (TPSA) is 51.2 Å². The van der Waals surface area contributed by atoms with Gasteiger partial charge in [0.1, 0.15) is 22.2 Å². The Morgan fingerprint density at radius 2 is 2.14 bits per heavy atom. The van der Waals surface area contributed by atoms with Crippen LogP contribution in [0.4, 0.5) is 19.5 Å². The van der Waals surface area contributed by atoms with Crippen LogP contribution < -0.4 is 5.32 Å². The Labute approximate surface area is 132 Å². The van der Waals surface area contributed by atoms with E-state index in [-0.39, 0.29) is 22.3 Å². The maximum atomic E-state index is 13.8. The number of hydrogen-bond acceptors (Lipinski definition) is 5. The Bertz CT molecular complexity index is 691. The number of esters is 1. The summed E-state index contributed by atoms with van der Waals surface area (Å²) in [5, 5.41) is 3.00. The van der Waals surface area contributed by atoms with Crippen LogP contribution >= 0.6 is 27.5 Å². The molecule has 0 saturated carbocycles. The van der Waals surface area contributed by atoms with Crippen LogP contribution in [0.1, 0.15) is 23.0 Å². The van der Waals surface area contributed by atoms with Crippen molar-refractivity contribution in [3.05, 3.63) is 39.5 Å². The lowest BCUT2D eigenvalue weighted by Gasteiger charge is -2.08. The van der Waals surface area contributed by atoms with E-state index in [2.05, 4.69) is 25.6 Å².